The number of hydrogen-bond acceptors (Lipinski definition) is 2. The highest BCUT2D eigenvalue weighted by Gasteiger charge is 2.27. The summed E-state index contributed by atoms with van der Waals surface area (Å²) in [5.41, 5.74) is 0.798. The molecule has 1 aliphatic rings. The molecule has 25 heavy (non-hydrogen) atoms. The Kier molecular flexibility index (Phi) is 7.29. The number of amides is 3. The number of urea groups is 1. The molecular weight excluding hydrogens is 314 g/mol. The van der Waals surface area contributed by atoms with Crippen molar-refractivity contribution in [2.24, 2.45) is 11.8 Å². The number of carbonyl (C=O) groups excluding carboxylic acids is 2. The second-order valence-corrected chi connectivity index (χ2v) is 7.44. The van der Waals surface area contributed by atoms with Gasteiger partial charge in [0.05, 0.1) is 0 Å². The van der Waals surface area contributed by atoms with Crippen molar-refractivity contribution in [3.8, 4) is 0 Å². The van der Waals surface area contributed by atoms with Gasteiger partial charge in [0.25, 0.3) is 0 Å². The molecule has 2 N–H and O–H groups in total. The zero-order chi connectivity index (χ0) is 18.2. The first-order valence-corrected chi connectivity index (χ1v) is 9.37. The molecule has 138 valence electrons. The van der Waals surface area contributed by atoms with Crippen molar-refractivity contribution in [2.75, 3.05) is 18.4 Å². The highest BCUT2D eigenvalue weighted by atomic mass is 16.2. The van der Waals surface area contributed by atoms with E-state index < -0.39 is 0 Å². The summed E-state index contributed by atoms with van der Waals surface area (Å²) in [5.74, 6) is 0.812. The molecule has 1 heterocycles. The quantitative estimate of drug-likeness (QED) is 0.822. The maximum Gasteiger partial charge on any atom is 0.321 e. The molecule has 1 atom stereocenters. The number of carbonyl (C=O) groups is 2. The van der Waals surface area contributed by atoms with Crippen LogP contribution in [0.15, 0.2) is 30.3 Å². The molecule has 0 saturated carbocycles. The Morgan fingerprint density at radius 3 is 2.32 bits per heavy atom. The van der Waals surface area contributed by atoms with Crippen molar-refractivity contribution in [1.82, 2.24) is 10.2 Å². The van der Waals surface area contributed by atoms with Gasteiger partial charge >= 0.3 is 6.03 Å². The summed E-state index contributed by atoms with van der Waals surface area (Å²) in [6.45, 7) is 7.71. The van der Waals surface area contributed by atoms with Gasteiger partial charge in [-0.2, -0.15) is 0 Å². The first-order chi connectivity index (χ1) is 12.0. The van der Waals surface area contributed by atoms with Crippen LogP contribution in [0.3, 0.4) is 0 Å². The molecule has 0 bridgehead atoms. The lowest BCUT2D eigenvalue weighted by atomic mass is 9.95. The van der Waals surface area contributed by atoms with Crippen molar-refractivity contribution in [3.63, 3.8) is 0 Å². The Labute approximate surface area is 151 Å². The van der Waals surface area contributed by atoms with E-state index in [1.165, 1.54) is 0 Å². The molecule has 1 aromatic rings. The molecule has 0 aromatic heterocycles. The maximum absolute atomic E-state index is 12.4. The number of nitrogens with one attached hydrogen (secondary N) is 2. The zero-order valence-corrected chi connectivity index (χ0v) is 15.6. The number of nitrogens with zero attached hydrogens (tertiary/aromatic N) is 1. The van der Waals surface area contributed by atoms with Crippen LogP contribution < -0.4 is 10.6 Å². The van der Waals surface area contributed by atoms with Crippen molar-refractivity contribution in [3.05, 3.63) is 30.3 Å². The first-order valence-electron chi connectivity index (χ1n) is 9.37. The summed E-state index contributed by atoms with van der Waals surface area (Å²) in [7, 11) is 0. The fraction of sp³-hybridized carbons (Fsp3) is 0.600. The number of rotatable bonds is 6. The number of piperidine rings is 1. The van der Waals surface area contributed by atoms with E-state index in [2.05, 4.69) is 31.4 Å². The van der Waals surface area contributed by atoms with E-state index >= 15 is 0 Å². The molecule has 0 aliphatic carbocycles. The van der Waals surface area contributed by atoms with E-state index in [0.29, 0.717) is 19.0 Å². The van der Waals surface area contributed by atoms with E-state index in [4.69, 9.17) is 0 Å². The van der Waals surface area contributed by atoms with Crippen molar-refractivity contribution >= 4 is 17.6 Å². The van der Waals surface area contributed by atoms with Crippen LogP contribution in [0, 0.1) is 11.8 Å². The molecule has 1 saturated heterocycles. The van der Waals surface area contributed by atoms with Gasteiger partial charge in [-0.25, -0.2) is 4.79 Å². The lowest BCUT2D eigenvalue weighted by Gasteiger charge is -2.32. The van der Waals surface area contributed by atoms with Gasteiger partial charge in [0, 0.05) is 30.7 Å². The van der Waals surface area contributed by atoms with Crippen molar-refractivity contribution in [1.29, 1.82) is 0 Å². The van der Waals surface area contributed by atoms with Crippen LogP contribution in [0.2, 0.25) is 0 Å². The van der Waals surface area contributed by atoms with Gasteiger partial charge < -0.3 is 15.5 Å². The second-order valence-electron chi connectivity index (χ2n) is 7.44. The average Bonchev–Trinajstić information content (AvgIpc) is 2.61. The number of hydrogen-bond donors (Lipinski definition) is 2. The Morgan fingerprint density at radius 1 is 1.08 bits per heavy atom. The van der Waals surface area contributed by atoms with Crippen LogP contribution in [0.4, 0.5) is 10.5 Å². The van der Waals surface area contributed by atoms with Gasteiger partial charge in [-0.15, -0.1) is 0 Å². The number of likely N-dealkylation sites (tertiary alicyclic amines) is 1. The molecule has 1 fully saturated rings. The monoisotopic (exact) mass is 345 g/mol. The van der Waals surface area contributed by atoms with Crippen LogP contribution in [-0.4, -0.2) is 36.0 Å². The molecule has 2 rings (SSSR count). The van der Waals surface area contributed by atoms with Crippen LogP contribution >= 0.6 is 0 Å². The molecule has 1 unspecified atom stereocenters. The summed E-state index contributed by atoms with van der Waals surface area (Å²) >= 11 is 0. The van der Waals surface area contributed by atoms with Crippen LogP contribution in [0.1, 0.15) is 46.5 Å². The molecular formula is C20H31N3O2. The van der Waals surface area contributed by atoms with E-state index in [-0.39, 0.29) is 23.9 Å². The van der Waals surface area contributed by atoms with Gasteiger partial charge in [0.2, 0.25) is 5.91 Å². The predicted octanol–water partition coefficient (Wildman–Crippen LogP) is 3.87. The second kappa shape index (κ2) is 9.44. The van der Waals surface area contributed by atoms with Gasteiger partial charge in [0.1, 0.15) is 0 Å². The van der Waals surface area contributed by atoms with Crippen LogP contribution in [-0.2, 0) is 4.79 Å². The summed E-state index contributed by atoms with van der Waals surface area (Å²) in [6, 6.07) is 9.58. The fourth-order valence-electron chi connectivity index (χ4n) is 3.08. The van der Waals surface area contributed by atoms with E-state index in [1.807, 2.05) is 30.3 Å². The largest absolute Gasteiger partial charge is 0.353 e. The normalized spacial score (nSPS) is 16.6. The van der Waals surface area contributed by atoms with Crippen molar-refractivity contribution in [2.45, 2.75) is 52.5 Å². The predicted molar refractivity (Wildman–Crippen MR) is 101 cm³/mol. The van der Waals surface area contributed by atoms with Gasteiger partial charge in [-0.3, -0.25) is 4.79 Å². The molecule has 5 nitrogen and oxygen atoms in total. The fourth-order valence-corrected chi connectivity index (χ4v) is 3.08. The third-order valence-electron chi connectivity index (χ3n) is 4.74. The number of anilines is 1. The summed E-state index contributed by atoms with van der Waals surface area (Å²) in [6.07, 6.45) is 3.59. The van der Waals surface area contributed by atoms with Crippen molar-refractivity contribution < 1.29 is 9.59 Å². The van der Waals surface area contributed by atoms with Crippen LogP contribution in [0.5, 0.6) is 0 Å². The Morgan fingerprint density at radius 2 is 1.72 bits per heavy atom. The Hall–Kier alpha value is -2.04. The van der Waals surface area contributed by atoms with E-state index in [9.17, 15) is 9.59 Å². The Bertz CT molecular complexity index is 551. The molecule has 3 amide bonds. The summed E-state index contributed by atoms with van der Waals surface area (Å²) < 4.78 is 0. The standard InChI is InChI=1S/C20H31N3O2/c1-15(2)9-10-16(3)21-19(24)17-11-13-23(14-12-17)20(25)22-18-7-5-4-6-8-18/h4-8,15-17H,9-14H2,1-3H3,(H,21,24)(H,22,25). The third kappa shape index (κ3) is 6.40. The minimum absolute atomic E-state index is 0.0160. The molecule has 1 aromatic carbocycles. The molecule has 0 radical (unpaired) electrons. The van der Waals surface area contributed by atoms with E-state index in [0.717, 1.165) is 31.4 Å². The Balaban J connectivity index is 1.73. The van der Waals surface area contributed by atoms with E-state index in [1.54, 1.807) is 4.90 Å². The van der Waals surface area contributed by atoms with Gasteiger partial charge in [0.15, 0.2) is 0 Å². The molecule has 5 heteroatoms. The van der Waals surface area contributed by atoms with Crippen LogP contribution in [0.25, 0.3) is 0 Å². The zero-order valence-electron chi connectivity index (χ0n) is 15.6. The summed E-state index contributed by atoms with van der Waals surface area (Å²) in [4.78, 5) is 26.5. The average molecular weight is 345 g/mol. The SMILES string of the molecule is CC(C)CCC(C)NC(=O)C1CCN(C(=O)Nc2ccccc2)CC1. The smallest absolute Gasteiger partial charge is 0.321 e. The lowest BCUT2D eigenvalue weighted by molar-refractivity contribution is -0.126. The van der Waals surface area contributed by atoms with Gasteiger partial charge in [-0.1, -0.05) is 32.0 Å². The lowest BCUT2D eigenvalue weighted by Crippen LogP contribution is -2.46. The topological polar surface area (TPSA) is 61.4 Å². The minimum atomic E-state index is -0.0876. The highest BCUT2D eigenvalue weighted by molar-refractivity contribution is 5.89. The maximum atomic E-state index is 12.4. The van der Waals surface area contributed by atoms with Gasteiger partial charge in [-0.05, 0) is 50.7 Å². The molecule has 0 spiro atoms. The third-order valence-corrected chi connectivity index (χ3v) is 4.74. The first kappa shape index (κ1) is 19.3. The highest BCUT2D eigenvalue weighted by Crippen LogP contribution is 2.19. The number of para-hydroxylation sites is 1. The summed E-state index contributed by atoms with van der Waals surface area (Å²) in [5, 5.41) is 6.03. The minimum Gasteiger partial charge on any atom is -0.353 e. The number of benzene rings is 1. The molecule has 1 aliphatic heterocycles.